The van der Waals surface area contributed by atoms with Crippen molar-refractivity contribution in [1.29, 1.82) is 0 Å². The summed E-state index contributed by atoms with van der Waals surface area (Å²) in [5.41, 5.74) is 6.28. The van der Waals surface area contributed by atoms with Crippen molar-refractivity contribution < 1.29 is 15.2 Å². The molecule has 0 fully saturated rings. The highest BCUT2D eigenvalue weighted by Crippen LogP contribution is 2.29. The lowest BCUT2D eigenvalue weighted by molar-refractivity contribution is 0.422. The van der Waals surface area contributed by atoms with Crippen molar-refractivity contribution in [1.82, 2.24) is 0 Å². The zero-order valence-electron chi connectivity index (χ0n) is 7.14. The summed E-state index contributed by atoms with van der Waals surface area (Å²) < 4.78 is 0.741. The van der Waals surface area contributed by atoms with Crippen LogP contribution in [0.3, 0.4) is 0 Å². The van der Waals surface area contributed by atoms with E-state index in [1.807, 2.05) is 0 Å². The fourth-order valence-corrected chi connectivity index (χ4v) is 2.39. The Morgan fingerprint density at radius 2 is 2.00 bits per heavy atom. The van der Waals surface area contributed by atoms with E-state index in [-0.39, 0.29) is 10.5 Å². The first-order valence-electron chi connectivity index (χ1n) is 3.96. The molecule has 0 atom stereocenters. The standard InChI is InChI=1S/C8H8BNO3S/c10-4-1-2-5-6(3-4)14-8(11)7(5)9(12)13/h1-3,11-13H,10H2. The van der Waals surface area contributed by atoms with E-state index in [0.717, 1.165) is 16.0 Å². The van der Waals surface area contributed by atoms with Gasteiger partial charge >= 0.3 is 7.12 Å². The van der Waals surface area contributed by atoms with Gasteiger partial charge in [-0.15, -0.1) is 0 Å². The molecule has 0 aliphatic rings. The minimum Gasteiger partial charge on any atom is -0.500 e. The lowest BCUT2D eigenvalue weighted by Gasteiger charge is -1.97. The Bertz CT molecular complexity index is 483. The molecule has 0 spiro atoms. The Morgan fingerprint density at radius 1 is 1.29 bits per heavy atom. The number of hydrogen-bond acceptors (Lipinski definition) is 5. The van der Waals surface area contributed by atoms with Gasteiger partial charge in [-0.2, -0.15) is 0 Å². The van der Waals surface area contributed by atoms with Crippen LogP contribution in [0.1, 0.15) is 0 Å². The highest BCUT2D eigenvalue weighted by Gasteiger charge is 2.22. The largest absolute Gasteiger partial charge is 0.500 e. The Hall–Kier alpha value is -1.24. The van der Waals surface area contributed by atoms with Crippen molar-refractivity contribution in [2.45, 2.75) is 0 Å². The normalized spacial score (nSPS) is 10.7. The van der Waals surface area contributed by atoms with E-state index >= 15 is 0 Å². The first kappa shape index (κ1) is 9.33. The second-order valence-electron chi connectivity index (χ2n) is 2.95. The molecule has 0 radical (unpaired) electrons. The maximum atomic E-state index is 9.45. The third kappa shape index (κ3) is 1.33. The van der Waals surface area contributed by atoms with Crippen LogP contribution in [-0.2, 0) is 0 Å². The monoisotopic (exact) mass is 209 g/mol. The zero-order valence-corrected chi connectivity index (χ0v) is 7.95. The Balaban J connectivity index is 2.77. The molecule has 14 heavy (non-hydrogen) atoms. The smallest absolute Gasteiger partial charge is 0.493 e. The molecule has 1 aromatic heterocycles. The van der Waals surface area contributed by atoms with E-state index in [1.54, 1.807) is 18.2 Å². The fourth-order valence-electron chi connectivity index (χ4n) is 1.37. The van der Waals surface area contributed by atoms with E-state index in [0.29, 0.717) is 11.1 Å². The van der Waals surface area contributed by atoms with Crippen LogP contribution >= 0.6 is 11.3 Å². The number of aromatic hydroxyl groups is 1. The van der Waals surface area contributed by atoms with Crippen molar-refractivity contribution in [3.05, 3.63) is 18.2 Å². The molecule has 1 aromatic carbocycles. The molecule has 4 nitrogen and oxygen atoms in total. The average molecular weight is 209 g/mol. The molecule has 0 saturated carbocycles. The minimum atomic E-state index is -1.66. The third-order valence-corrected chi connectivity index (χ3v) is 2.96. The summed E-state index contributed by atoms with van der Waals surface area (Å²) in [6, 6.07) is 5.00. The van der Waals surface area contributed by atoms with Gasteiger partial charge in [-0.3, -0.25) is 0 Å². The highest BCUT2D eigenvalue weighted by atomic mass is 32.1. The topological polar surface area (TPSA) is 86.7 Å². The maximum Gasteiger partial charge on any atom is 0.493 e. The molecular formula is C8H8BNO3S. The molecule has 0 unspecified atom stereocenters. The van der Waals surface area contributed by atoms with Crippen LogP contribution in [0.4, 0.5) is 5.69 Å². The highest BCUT2D eigenvalue weighted by molar-refractivity contribution is 7.22. The van der Waals surface area contributed by atoms with Gasteiger partial charge in [0.2, 0.25) is 0 Å². The Labute approximate surface area is 84.4 Å². The van der Waals surface area contributed by atoms with Crippen LogP contribution < -0.4 is 11.2 Å². The van der Waals surface area contributed by atoms with Gasteiger partial charge in [-0.1, -0.05) is 17.4 Å². The van der Waals surface area contributed by atoms with Crippen LogP contribution in [-0.4, -0.2) is 22.3 Å². The predicted octanol–water partition coefficient (Wildman–Crippen LogP) is -0.131. The number of hydrogen-bond donors (Lipinski definition) is 4. The first-order valence-corrected chi connectivity index (χ1v) is 4.78. The number of thiophene rings is 1. The number of rotatable bonds is 1. The Morgan fingerprint density at radius 3 is 2.64 bits per heavy atom. The van der Waals surface area contributed by atoms with Crippen LogP contribution in [0.2, 0.25) is 0 Å². The third-order valence-electron chi connectivity index (χ3n) is 1.99. The summed E-state index contributed by atoms with van der Waals surface area (Å²) in [7, 11) is -1.66. The summed E-state index contributed by atoms with van der Waals surface area (Å²) in [6.07, 6.45) is 0. The summed E-state index contributed by atoms with van der Waals surface area (Å²) in [4.78, 5) is 0. The van der Waals surface area contributed by atoms with Crippen LogP contribution in [0.25, 0.3) is 10.1 Å². The summed E-state index contributed by atoms with van der Waals surface area (Å²) in [5, 5.41) is 28.1. The SMILES string of the molecule is Nc1ccc2c(B(O)O)c(O)sc2c1. The molecule has 0 saturated heterocycles. The van der Waals surface area contributed by atoms with E-state index < -0.39 is 7.12 Å². The van der Waals surface area contributed by atoms with Gasteiger partial charge in [0.15, 0.2) is 5.06 Å². The fraction of sp³-hybridized carbons (Fsp3) is 0. The molecule has 2 aromatic rings. The van der Waals surface area contributed by atoms with Crippen LogP contribution in [0.5, 0.6) is 5.06 Å². The molecular weight excluding hydrogens is 201 g/mol. The molecule has 0 aliphatic carbocycles. The summed E-state index contributed by atoms with van der Waals surface area (Å²) in [5.74, 6) is 0. The number of nitrogen functional groups attached to an aromatic ring is 1. The van der Waals surface area contributed by atoms with Crippen molar-refractivity contribution >= 4 is 39.7 Å². The summed E-state index contributed by atoms with van der Waals surface area (Å²) in [6.45, 7) is 0. The van der Waals surface area contributed by atoms with Gasteiger partial charge in [0, 0.05) is 15.9 Å². The number of anilines is 1. The number of fused-ring (bicyclic) bond motifs is 1. The molecule has 72 valence electrons. The lowest BCUT2D eigenvalue weighted by atomic mass is 9.80. The first-order chi connectivity index (χ1) is 6.59. The zero-order chi connectivity index (χ0) is 10.3. The predicted molar refractivity (Wildman–Crippen MR) is 57.7 cm³/mol. The Kier molecular flexibility index (Phi) is 2.11. The van der Waals surface area contributed by atoms with E-state index in [9.17, 15) is 5.11 Å². The van der Waals surface area contributed by atoms with Crippen molar-refractivity contribution in [3.63, 3.8) is 0 Å². The van der Waals surface area contributed by atoms with Gasteiger partial charge in [0.05, 0.1) is 0 Å². The minimum absolute atomic E-state index is 0.0828. The quantitative estimate of drug-likeness (QED) is 0.389. The van der Waals surface area contributed by atoms with Gasteiger partial charge in [0.1, 0.15) is 0 Å². The van der Waals surface area contributed by atoms with Crippen LogP contribution in [0.15, 0.2) is 18.2 Å². The average Bonchev–Trinajstić information content (AvgIpc) is 2.39. The van der Waals surface area contributed by atoms with E-state index in [2.05, 4.69) is 0 Å². The molecule has 5 N–H and O–H groups in total. The number of benzene rings is 1. The lowest BCUT2D eigenvalue weighted by Crippen LogP contribution is -2.29. The molecule has 1 heterocycles. The number of nitrogens with two attached hydrogens (primary N) is 1. The maximum absolute atomic E-state index is 9.45. The molecule has 6 heteroatoms. The van der Waals surface area contributed by atoms with E-state index in [4.69, 9.17) is 15.8 Å². The van der Waals surface area contributed by atoms with E-state index in [1.165, 1.54) is 0 Å². The van der Waals surface area contributed by atoms with Crippen molar-refractivity contribution in [3.8, 4) is 5.06 Å². The molecule has 2 rings (SSSR count). The molecule has 0 aliphatic heterocycles. The van der Waals surface area contributed by atoms with Gasteiger partial charge in [0.25, 0.3) is 0 Å². The summed E-state index contributed by atoms with van der Waals surface area (Å²) >= 11 is 1.08. The van der Waals surface area contributed by atoms with Gasteiger partial charge in [-0.05, 0) is 17.5 Å². The van der Waals surface area contributed by atoms with Gasteiger partial charge in [-0.25, -0.2) is 0 Å². The van der Waals surface area contributed by atoms with Crippen LogP contribution in [0, 0.1) is 0 Å². The van der Waals surface area contributed by atoms with Crippen molar-refractivity contribution in [2.24, 2.45) is 0 Å². The van der Waals surface area contributed by atoms with Crippen molar-refractivity contribution in [2.75, 3.05) is 5.73 Å². The molecule has 0 amide bonds. The second kappa shape index (κ2) is 3.16. The van der Waals surface area contributed by atoms with Gasteiger partial charge < -0.3 is 20.9 Å². The molecule has 0 bridgehead atoms. The second-order valence-corrected chi connectivity index (χ2v) is 3.98.